The van der Waals surface area contributed by atoms with Crippen molar-refractivity contribution in [2.45, 2.75) is 141 Å². The molecule has 4 unspecified atom stereocenters. The van der Waals surface area contributed by atoms with Gasteiger partial charge in [-0.15, -0.1) is 0 Å². The van der Waals surface area contributed by atoms with E-state index in [4.69, 9.17) is 17.0 Å². The monoisotopic (exact) mass is 881 g/mol. The molecule has 0 spiro atoms. The Morgan fingerprint density at radius 3 is 1.16 bits per heavy atom. The Hall–Kier alpha value is -1.96. The number of aryl methyl sites for hydroxylation is 4. The molecule has 4 aromatic rings. The normalized spacial score (nSPS) is 18.9. The van der Waals surface area contributed by atoms with Crippen molar-refractivity contribution in [1.82, 2.24) is 0 Å². The molecule has 0 fully saturated rings. The third-order valence-electron chi connectivity index (χ3n) is 13.7. The molecule has 0 aliphatic heterocycles. The minimum absolute atomic E-state index is 0.0383. The molecule has 2 aliphatic carbocycles. The summed E-state index contributed by atoms with van der Waals surface area (Å²) in [6.07, 6.45) is 7.30. The summed E-state index contributed by atoms with van der Waals surface area (Å²) in [5.74, 6) is -1.04. The molecular weight excluding hydrogens is 815 g/mol. The molecule has 0 N–H and O–H groups in total. The maximum atomic E-state index is 9.10. The van der Waals surface area contributed by atoms with Gasteiger partial charge in [-0.05, 0) is 0 Å². The zero-order chi connectivity index (χ0) is 41.5. The Morgan fingerprint density at radius 2 is 0.893 bits per heavy atom. The zero-order valence-corrected chi connectivity index (χ0v) is 42.6. The van der Waals surface area contributed by atoms with Crippen molar-refractivity contribution in [1.29, 1.82) is 0 Å². The molecule has 2 aliphatic rings. The average molecular weight is 884 g/mol. The molecule has 0 amide bonds. The van der Waals surface area contributed by atoms with Crippen molar-refractivity contribution in [2.24, 2.45) is 11.8 Å². The van der Waals surface area contributed by atoms with E-state index in [-0.39, 0.29) is 18.1 Å². The molecule has 0 saturated carbocycles. The van der Waals surface area contributed by atoms with Crippen molar-refractivity contribution in [3.63, 3.8) is 0 Å². The Morgan fingerprint density at radius 1 is 0.571 bits per heavy atom. The molecule has 0 saturated heterocycles. The molecule has 6 rings (SSSR count). The van der Waals surface area contributed by atoms with Crippen LogP contribution in [-0.2, 0) is 26.4 Å². The van der Waals surface area contributed by atoms with Crippen molar-refractivity contribution in [2.75, 3.05) is 0 Å². The summed E-state index contributed by atoms with van der Waals surface area (Å²) in [7, 11) is 18.2. The van der Waals surface area contributed by atoms with E-state index in [2.05, 4.69) is 183 Å². The van der Waals surface area contributed by atoms with Crippen LogP contribution >= 0.6 is 17.0 Å². The predicted octanol–water partition coefficient (Wildman–Crippen LogP) is 16.5. The summed E-state index contributed by atoms with van der Waals surface area (Å²) in [4.78, 5) is 0. The van der Waals surface area contributed by atoms with Crippen LogP contribution in [-0.4, -0.2) is 5.92 Å². The van der Waals surface area contributed by atoms with Crippen molar-refractivity contribution in [3.8, 4) is 22.3 Å². The Balaban J connectivity index is 1.74. The van der Waals surface area contributed by atoms with E-state index in [1.165, 1.54) is 89.0 Å². The van der Waals surface area contributed by atoms with E-state index in [1.54, 1.807) is 0 Å². The number of halogens is 2. The standard InChI is InChI=1S/2C25H31.C2H7Si.2ClH.Zr/c2*1-8-18(4)20-14-19-9-10-23(25(5,6)7)24(22(19)15-20)21-12-16(2)11-17(3)13-21;1-3-2;;;/h2*9-15,18H,8H2,1-7H3;3H,1-2H3;2*1H;/q;;;;;+2/p-2. The first kappa shape index (κ1) is 43.6. The minimum atomic E-state index is -5.10. The summed E-state index contributed by atoms with van der Waals surface area (Å²) in [5.41, 5.74) is 21.7. The van der Waals surface area contributed by atoms with Gasteiger partial charge in [0.2, 0.25) is 0 Å². The van der Waals surface area contributed by atoms with Gasteiger partial charge in [0, 0.05) is 0 Å². The molecular formula is C52H69Cl2SiZr. The molecule has 0 radical (unpaired) electrons. The van der Waals surface area contributed by atoms with Gasteiger partial charge < -0.3 is 0 Å². The number of allylic oxidation sites excluding steroid dienone is 2. The first-order valence-electron chi connectivity index (χ1n) is 21.5. The number of rotatable bonds is 9. The average Bonchev–Trinajstić information content (AvgIpc) is 3.69. The van der Waals surface area contributed by atoms with Crippen LogP contribution in [0.1, 0.15) is 145 Å². The van der Waals surface area contributed by atoms with Crippen LogP contribution in [0, 0.1) is 39.5 Å². The van der Waals surface area contributed by atoms with Crippen LogP contribution in [0.2, 0.25) is 13.1 Å². The van der Waals surface area contributed by atoms with Crippen LogP contribution in [0.4, 0.5) is 0 Å². The van der Waals surface area contributed by atoms with E-state index < -0.39 is 21.5 Å². The molecule has 56 heavy (non-hydrogen) atoms. The molecule has 299 valence electrons. The molecule has 4 aromatic carbocycles. The molecule has 0 aromatic heterocycles. The van der Waals surface area contributed by atoms with Crippen LogP contribution in [0.15, 0.2) is 71.8 Å². The van der Waals surface area contributed by atoms with Gasteiger partial charge in [-0.2, -0.15) is 0 Å². The van der Waals surface area contributed by atoms with Gasteiger partial charge in [0.25, 0.3) is 0 Å². The quantitative estimate of drug-likeness (QED) is 0.147. The Labute approximate surface area is 350 Å². The fourth-order valence-electron chi connectivity index (χ4n) is 10.4. The molecule has 0 nitrogen and oxygen atoms in total. The molecule has 0 heterocycles. The third-order valence-corrected chi connectivity index (χ3v) is 65.3. The summed E-state index contributed by atoms with van der Waals surface area (Å²) < 4.78 is 0.0934. The molecule has 4 atom stereocenters. The summed E-state index contributed by atoms with van der Waals surface area (Å²) in [6, 6.07) is 24.0. The van der Waals surface area contributed by atoms with Crippen LogP contribution < -0.4 is 0 Å². The van der Waals surface area contributed by atoms with Gasteiger partial charge >= 0.3 is 353 Å². The van der Waals surface area contributed by atoms with Crippen molar-refractivity contribution >= 4 is 35.1 Å². The first-order valence-corrected chi connectivity index (χ1v) is 37.8. The number of fused-ring (bicyclic) bond motifs is 2. The number of hydrogen-bond acceptors (Lipinski definition) is 0. The number of hydrogen-bond donors (Lipinski definition) is 0. The van der Waals surface area contributed by atoms with Crippen LogP contribution in [0.3, 0.4) is 0 Å². The second kappa shape index (κ2) is 15.3. The van der Waals surface area contributed by atoms with Gasteiger partial charge in [-0.25, -0.2) is 0 Å². The maximum absolute atomic E-state index is 9.10. The van der Waals surface area contributed by atoms with E-state index >= 15 is 0 Å². The zero-order valence-electron chi connectivity index (χ0n) is 37.5. The Kier molecular flexibility index (Phi) is 11.9. The molecule has 4 heteroatoms. The van der Waals surface area contributed by atoms with Crippen molar-refractivity contribution in [3.05, 3.63) is 127 Å². The second-order valence-electron chi connectivity index (χ2n) is 20.4. The van der Waals surface area contributed by atoms with Gasteiger partial charge in [0.1, 0.15) is 0 Å². The predicted molar refractivity (Wildman–Crippen MR) is 251 cm³/mol. The third kappa shape index (κ3) is 7.33. The summed E-state index contributed by atoms with van der Waals surface area (Å²) >= 11 is -5.10. The fourth-order valence-corrected chi connectivity index (χ4v) is 41.7. The topological polar surface area (TPSA) is 0 Å². The fraction of sp³-hybridized carbons (Fsp3) is 0.462. The van der Waals surface area contributed by atoms with Gasteiger partial charge in [0.05, 0.1) is 0 Å². The second-order valence-corrected chi connectivity index (χ2v) is 62.9. The first-order chi connectivity index (χ1) is 25.9. The Bertz CT molecular complexity index is 2060. The summed E-state index contributed by atoms with van der Waals surface area (Å²) in [5, 5.41) is 0. The van der Waals surface area contributed by atoms with Gasteiger partial charge in [-0.3, -0.25) is 0 Å². The summed E-state index contributed by atoms with van der Waals surface area (Å²) in [6.45, 7) is 37.6. The van der Waals surface area contributed by atoms with Gasteiger partial charge in [-0.1, -0.05) is 0 Å². The van der Waals surface area contributed by atoms with Crippen LogP contribution in [0.5, 0.6) is 0 Å². The van der Waals surface area contributed by atoms with E-state index in [1.807, 2.05) is 0 Å². The van der Waals surface area contributed by atoms with Crippen LogP contribution in [0.25, 0.3) is 34.4 Å². The number of benzene rings is 4. The van der Waals surface area contributed by atoms with Crippen molar-refractivity contribution < 1.29 is 15.6 Å². The van der Waals surface area contributed by atoms with E-state index in [9.17, 15) is 0 Å². The van der Waals surface area contributed by atoms with Gasteiger partial charge in [0.15, 0.2) is 0 Å². The molecule has 0 bridgehead atoms. The van der Waals surface area contributed by atoms with E-state index in [0.29, 0.717) is 11.8 Å². The SMILES string of the molecule is CCC(C)C1=Cc2c(ccc(C(C)(C)C)c2-c2cc(C)cc(C)c2)[CH]1[Zr]([Cl])([Cl])([CH]1C(C(C)CC)=Cc2c1ccc(C(C)(C)C)c2-c1cc(C)cc(C)c1)[SiH](C)C. The van der Waals surface area contributed by atoms with E-state index in [0.717, 1.165) is 12.8 Å².